The molecule has 0 aliphatic carbocycles. The quantitative estimate of drug-likeness (QED) is 0.240. The fourth-order valence-corrected chi connectivity index (χ4v) is 5.67. The molecule has 0 bridgehead atoms. The summed E-state index contributed by atoms with van der Waals surface area (Å²) in [6.45, 7) is 1.17. The van der Waals surface area contributed by atoms with Crippen LogP contribution in [0.25, 0.3) is 10.2 Å². The van der Waals surface area contributed by atoms with E-state index in [0.717, 1.165) is 27.6 Å². The minimum Gasteiger partial charge on any atom is -0.507 e. The Morgan fingerprint density at radius 3 is 2.41 bits per heavy atom. The molecular weight excluding hydrogens is 536 g/mol. The second-order valence-corrected chi connectivity index (χ2v) is 13.1. The van der Waals surface area contributed by atoms with E-state index in [0.29, 0.717) is 10.5 Å². The van der Waals surface area contributed by atoms with Crippen molar-refractivity contribution >= 4 is 37.3 Å². The Balaban J connectivity index is 1.50. The average Bonchev–Trinajstić information content (AvgIpc) is 3.34. The molecule has 202 valence electrons. The van der Waals surface area contributed by atoms with Gasteiger partial charge in [0, 0.05) is 30.3 Å². The van der Waals surface area contributed by atoms with Crippen molar-refractivity contribution in [3.05, 3.63) is 94.0 Å². The fourth-order valence-electron chi connectivity index (χ4n) is 3.88. The number of hydrogen-bond donors (Lipinski definition) is 4. The first kappa shape index (κ1) is 28.3. The zero-order valence-corrected chi connectivity index (χ0v) is 23.0. The van der Waals surface area contributed by atoms with E-state index in [4.69, 9.17) is 5.11 Å². The summed E-state index contributed by atoms with van der Waals surface area (Å²) in [5, 5.41) is 33.0. The molecule has 0 spiro atoms. The monoisotopic (exact) mass is 564 g/mol. The number of aliphatic hydroxyl groups excluding tert-OH is 2. The van der Waals surface area contributed by atoms with Gasteiger partial charge in [0.15, 0.2) is 9.84 Å². The second-order valence-electron chi connectivity index (χ2n) is 9.48. The minimum atomic E-state index is -3.72. The summed E-state index contributed by atoms with van der Waals surface area (Å²) in [5.41, 5.74) is 3.05. The lowest BCUT2D eigenvalue weighted by atomic mass is 10.0. The maximum Gasteiger partial charge on any atom is 0.255 e. The third-order valence-corrected chi connectivity index (χ3v) is 9.69. The van der Waals surface area contributed by atoms with Gasteiger partial charge in [0.2, 0.25) is 0 Å². The van der Waals surface area contributed by atoms with Gasteiger partial charge in [-0.15, -0.1) is 11.3 Å². The Bertz CT molecular complexity index is 1670. The van der Waals surface area contributed by atoms with Gasteiger partial charge >= 0.3 is 0 Å². The molecule has 4 N–H and O–H groups in total. The van der Waals surface area contributed by atoms with Gasteiger partial charge in [-0.25, -0.2) is 13.4 Å². The molecule has 0 saturated heterocycles. The summed E-state index contributed by atoms with van der Waals surface area (Å²) in [6.07, 6.45) is -0.320. The molecule has 1 heterocycles. The summed E-state index contributed by atoms with van der Waals surface area (Å²) in [6, 6.07) is 18.7. The zero-order valence-electron chi connectivity index (χ0n) is 21.4. The number of aliphatic hydroxyl groups is 2. The number of carbonyl (C=O) groups excluding carboxylic acids is 1. The molecular formula is C29H28N2O6S2. The summed E-state index contributed by atoms with van der Waals surface area (Å²) in [5.74, 6) is 5.35. The van der Waals surface area contributed by atoms with Gasteiger partial charge in [-0.3, -0.25) is 4.79 Å². The van der Waals surface area contributed by atoms with Crippen LogP contribution in [-0.4, -0.2) is 52.2 Å². The number of para-hydroxylation sites is 1. The number of fused-ring (bicyclic) bond motifs is 1. The van der Waals surface area contributed by atoms with E-state index in [-0.39, 0.29) is 30.9 Å². The van der Waals surface area contributed by atoms with Gasteiger partial charge < -0.3 is 20.6 Å². The molecule has 39 heavy (non-hydrogen) atoms. The van der Waals surface area contributed by atoms with Crippen molar-refractivity contribution in [1.82, 2.24) is 10.3 Å². The third kappa shape index (κ3) is 6.64. The van der Waals surface area contributed by atoms with Crippen molar-refractivity contribution in [1.29, 1.82) is 0 Å². The Labute approximate surface area is 230 Å². The van der Waals surface area contributed by atoms with Crippen LogP contribution in [0.3, 0.4) is 0 Å². The maximum atomic E-state index is 12.7. The molecule has 8 nitrogen and oxygen atoms in total. The van der Waals surface area contributed by atoms with Gasteiger partial charge in [0.25, 0.3) is 5.91 Å². The number of benzene rings is 3. The number of hydrogen-bond acceptors (Lipinski definition) is 8. The van der Waals surface area contributed by atoms with Crippen molar-refractivity contribution in [2.45, 2.75) is 30.8 Å². The number of nitrogens with zero attached hydrogens (tertiary/aromatic N) is 1. The Kier molecular flexibility index (Phi) is 8.37. The number of rotatable bonds is 8. The summed E-state index contributed by atoms with van der Waals surface area (Å²) < 4.78 is 24.7. The highest BCUT2D eigenvalue weighted by Gasteiger charge is 2.39. The second kappa shape index (κ2) is 11.6. The molecule has 3 aromatic carbocycles. The van der Waals surface area contributed by atoms with Gasteiger partial charge in [0.05, 0.1) is 27.1 Å². The Morgan fingerprint density at radius 2 is 1.74 bits per heavy atom. The number of aromatic nitrogens is 1. The lowest BCUT2D eigenvalue weighted by Crippen LogP contribution is -2.47. The number of aromatic hydroxyl groups is 1. The van der Waals surface area contributed by atoms with E-state index in [2.05, 4.69) is 22.1 Å². The topological polar surface area (TPSA) is 137 Å². The number of amides is 1. The van der Waals surface area contributed by atoms with E-state index < -0.39 is 26.6 Å². The Morgan fingerprint density at radius 1 is 1.08 bits per heavy atom. The van der Waals surface area contributed by atoms with Gasteiger partial charge in [-0.1, -0.05) is 36.1 Å². The van der Waals surface area contributed by atoms with E-state index in [9.17, 15) is 23.4 Å². The predicted octanol–water partition coefficient (Wildman–Crippen LogP) is 3.55. The van der Waals surface area contributed by atoms with Gasteiger partial charge in [0.1, 0.15) is 16.9 Å². The van der Waals surface area contributed by atoms with Crippen LogP contribution in [0.4, 0.5) is 0 Å². The molecule has 0 aliphatic heterocycles. The first-order valence-electron chi connectivity index (χ1n) is 12.1. The van der Waals surface area contributed by atoms with Crippen LogP contribution >= 0.6 is 11.3 Å². The maximum absolute atomic E-state index is 12.7. The van der Waals surface area contributed by atoms with Crippen molar-refractivity contribution < 1.29 is 28.5 Å². The number of carbonyl (C=O) groups is 1. The third-order valence-electron chi connectivity index (χ3n) is 6.47. The van der Waals surface area contributed by atoms with Crippen molar-refractivity contribution in [2.75, 3.05) is 12.8 Å². The van der Waals surface area contributed by atoms with Crippen LogP contribution < -0.4 is 5.32 Å². The van der Waals surface area contributed by atoms with E-state index >= 15 is 0 Å². The molecule has 1 amide bonds. The summed E-state index contributed by atoms with van der Waals surface area (Å²) >= 11 is 1.25. The molecule has 0 aliphatic rings. The van der Waals surface area contributed by atoms with Crippen molar-refractivity contribution in [3.8, 4) is 17.6 Å². The molecule has 0 radical (unpaired) electrons. The molecule has 4 rings (SSSR count). The summed E-state index contributed by atoms with van der Waals surface area (Å²) in [7, 11) is -3.72. The highest BCUT2D eigenvalue weighted by Crippen LogP contribution is 2.34. The normalized spacial score (nSPS) is 13.7. The van der Waals surface area contributed by atoms with Crippen molar-refractivity contribution in [3.63, 3.8) is 0 Å². The molecule has 10 heteroatoms. The fraction of sp³-hybridized carbons (Fsp3) is 0.241. The number of phenols is 1. The summed E-state index contributed by atoms with van der Waals surface area (Å²) in [4.78, 5) is 17.1. The number of sulfone groups is 1. The van der Waals surface area contributed by atoms with E-state index in [1.165, 1.54) is 30.4 Å². The molecule has 0 saturated carbocycles. The van der Waals surface area contributed by atoms with E-state index in [1.807, 2.05) is 36.4 Å². The average molecular weight is 565 g/mol. The number of nitrogens with one attached hydrogen (secondary N) is 1. The lowest BCUT2D eigenvalue weighted by molar-refractivity contribution is 0.0938. The van der Waals surface area contributed by atoms with Gasteiger partial charge in [-0.2, -0.15) is 0 Å². The van der Waals surface area contributed by atoms with Crippen LogP contribution in [0.1, 0.15) is 51.5 Å². The molecule has 4 aromatic rings. The smallest absolute Gasteiger partial charge is 0.255 e. The van der Waals surface area contributed by atoms with Gasteiger partial charge in [-0.05, 0) is 55.0 Å². The largest absolute Gasteiger partial charge is 0.507 e. The number of phenolic OH excluding ortho intramolecular Hbond substituents is 1. The van der Waals surface area contributed by atoms with Crippen LogP contribution in [0, 0.1) is 11.8 Å². The van der Waals surface area contributed by atoms with Crippen LogP contribution in [-0.2, 0) is 16.4 Å². The van der Waals surface area contributed by atoms with Crippen LogP contribution in [0.15, 0.2) is 66.7 Å². The highest BCUT2D eigenvalue weighted by molar-refractivity contribution is 7.92. The first-order chi connectivity index (χ1) is 18.5. The first-order valence-corrected chi connectivity index (χ1v) is 14.8. The standard InChI is InChI=1S/C29H28N2O6S2/c1-29(39(2,36)37,18-30-27(35)22-5-3-4-6-24(22)33)16-25(34)28-31-23-14-13-20(15-26(23)38-28)10-7-19-8-11-21(17-32)12-9-19/h3-6,8-9,11-15,25,32-34H,16-18H2,1-2H3,(H,30,35)/t25-,29-/m1/s1. The molecule has 0 unspecified atom stereocenters. The van der Waals surface area contributed by atoms with Crippen LogP contribution in [0.5, 0.6) is 5.75 Å². The minimum absolute atomic E-state index is 0.0276. The van der Waals surface area contributed by atoms with E-state index in [1.54, 1.807) is 18.2 Å². The lowest BCUT2D eigenvalue weighted by Gasteiger charge is -2.29. The molecule has 1 aromatic heterocycles. The molecule has 0 fully saturated rings. The SMILES string of the molecule is C[C@](CNC(=O)c1ccccc1O)(C[C@@H](O)c1nc2ccc(C#Cc3ccc(CO)cc3)cc2s1)S(C)(=O)=O. The number of thiazole rings is 1. The van der Waals surface area contributed by atoms with Crippen molar-refractivity contribution in [2.24, 2.45) is 0 Å². The molecule has 2 atom stereocenters. The Hall–Kier alpha value is -3.75. The zero-order chi connectivity index (χ0) is 28.2. The predicted molar refractivity (Wildman–Crippen MR) is 151 cm³/mol. The van der Waals surface area contributed by atoms with Crippen LogP contribution in [0.2, 0.25) is 0 Å². The highest BCUT2D eigenvalue weighted by atomic mass is 32.2.